The molecular weight excluding hydrogens is 433 g/mol. The monoisotopic (exact) mass is 443 g/mol. The van der Waals surface area contributed by atoms with Crippen LogP contribution in [0.1, 0.15) is 25.2 Å². The van der Waals surface area contributed by atoms with Crippen LogP contribution in [0.15, 0.2) is 22.8 Å². The minimum atomic E-state index is 0.227. The van der Waals surface area contributed by atoms with E-state index in [2.05, 4.69) is 46.9 Å². The number of hydrogen-bond donors (Lipinski definition) is 0. The molecular formula is C8H10I2O2V. The SMILES string of the molecule is CC1CC(c2ccco2)O1.[I][V][I]. The van der Waals surface area contributed by atoms with E-state index in [9.17, 15) is 0 Å². The van der Waals surface area contributed by atoms with Gasteiger partial charge in [-0.1, -0.05) is 0 Å². The van der Waals surface area contributed by atoms with Crippen LogP contribution >= 0.6 is 40.0 Å². The first-order valence-corrected chi connectivity index (χ1v) is 12.9. The standard InChI is InChI=1S/C8H10O2.2HI.V/c1-6-5-8(10-6)7-3-2-4-9-7;;;/h2-4,6,8H,5H2,1H3;2*1H;/q;;;+2/p-2. The molecule has 5 heteroatoms. The zero-order valence-electron chi connectivity index (χ0n) is 7.11. The summed E-state index contributed by atoms with van der Waals surface area (Å²) in [7, 11) is 0.628. The van der Waals surface area contributed by atoms with Crippen molar-refractivity contribution in [1.29, 1.82) is 0 Å². The Bertz CT molecular complexity index is 222. The number of hydrogen-bond acceptors (Lipinski definition) is 2. The molecule has 2 nitrogen and oxygen atoms in total. The molecule has 73 valence electrons. The second-order valence-corrected chi connectivity index (χ2v) is 14.5. The summed E-state index contributed by atoms with van der Waals surface area (Å²) in [5.41, 5.74) is 0. The first-order chi connectivity index (χ1) is 6.27. The topological polar surface area (TPSA) is 22.4 Å². The van der Waals surface area contributed by atoms with E-state index in [4.69, 9.17) is 9.15 Å². The Hall–Kier alpha value is 1.28. The van der Waals surface area contributed by atoms with Gasteiger partial charge in [0.2, 0.25) is 0 Å². The summed E-state index contributed by atoms with van der Waals surface area (Å²) >= 11 is 4.74. The normalized spacial score (nSPS) is 25.5. The van der Waals surface area contributed by atoms with E-state index < -0.39 is 0 Å². The predicted octanol–water partition coefficient (Wildman–Crippen LogP) is 3.90. The summed E-state index contributed by atoms with van der Waals surface area (Å²) < 4.78 is 10.6. The van der Waals surface area contributed by atoms with Crippen molar-refractivity contribution in [3.63, 3.8) is 0 Å². The Balaban J connectivity index is 0.000000251. The van der Waals surface area contributed by atoms with Gasteiger partial charge in [-0.15, -0.1) is 0 Å². The fourth-order valence-corrected chi connectivity index (χ4v) is 1.23. The van der Waals surface area contributed by atoms with Gasteiger partial charge in [0.25, 0.3) is 0 Å². The van der Waals surface area contributed by atoms with Gasteiger partial charge >= 0.3 is 49.4 Å². The van der Waals surface area contributed by atoms with Crippen molar-refractivity contribution in [2.45, 2.75) is 25.6 Å². The molecule has 1 aliphatic heterocycles. The number of halogens is 2. The molecule has 0 spiro atoms. The van der Waals surface area contributed by atoms with Gasteiger partial charge in [0.05, 0.1) is 12.4 Å². The maximum absolute atomic E-state index is 5.39. The van der Waals surface area contributed by atoms with Crippen LogP contribution in [0.3, 0.4) is 0 Å². The predicted molar refractivity (Wildman–Crippen MR) is 64.7 cm³/mol. The van der Waals surface area contributed by atoms with E-state index in [1.165, 1.54) is 0 Å². The van der Waals surface area contributed by atoms with Gasteiger partial charge in [0, 0.05) is 6.42 Å². The molecule has 2 unspecified atom stereocenters. The van der Waals surface area contributed by atoms with Crippen molar-refractivity contribution in [1.82, 2.24) is 0 Å². The number of furan rings is 1. The Morgan fingerprint density at radius 3 is 2.54 bits per heavy atom. The van der Waals surface area contributed by atoms with Gasteiger partial charge in [0.15, 0.2) is 0 Å². The van der Waals surface area contributed by atoms with Crippen LogP contribution in [-0.2, 0) is 14.2 Å². The Morgan fingerprint density at radius 1 is 1.54 bits per heavy atom. The second-order valence-electron chi connectivity index (χ2n) is 2.75. The fraction of sp³-hybridized carbons (Fsp3) is 0.500. The van der Waals surface area contributed by atoms with Crippen LogP contribution in [0.25, 0.3) is 0 Å². The quantitative estimate of drug-likeness (QED) is 0.615. The average molecular weight is 443 g/mol. The Labute approximate surface area is 107 Å². The summed E-state index contributed by atoms with van der Waals surface area (Å²) in [6.07, 6.45) is 3.41. The molecule has 2 atom stereocenters. The molecule has 0 bridgehead atoms. The molecule has 1 aromatic heterocycles. The Kier molecular flexibility index (Phi) is 6.38. The third-order valence-corrected chi connectivity index (χ3v) is 1.80. The van der Waals surface area contributed by atoms with Crippen molar-refractivity contribution in [3.8, 4) is 0 Å². The van der Waals surface area contributed by atoms with E-state index >= 15 is 0 Å². The molecule has 0 saturated carbocycles. The summed E-state index contributed by atoms with van der Waals surface area (Å²) in [5, 5.41) is 0. The molecule has 2 rings (SSSR count). The van der Waals surface area contributed by atoms with Crippen molar-refractivity contribution in [2.75, 3.05) is 0 Å². The molecule has 13 heavy (non-hydrogen) atoms. The summed E-state index contributed by atoms with van der Waals surface area (Å²) in [6.45, 7) is 2.07. The molecule has 1 aliphatic rings. The molecule has 0 radical (unpaired) electrons. The summed E-state index contributed by atoms with van der Waals surface area (Å²) in [5.74, 6) is 0.957. The fourth-order valence-electron chi connectivity index (χ4n) is 1.23. The molecule has 0 aliphatic carbocycles. The second kappa shape index (κ2) is 6.71. The molecule has 0 aromatic carbocycles. The third-order valence-electron chi connectivity index (χ3n) is 1.80. The van der Waals surface area contributed by atoms with E-state index in [0.29, 0.717) is 15.6 Å². The van der Waals surface area contributed by atoms with E-state index in [1.807, 2.05) is 12.1 Å². The molecule has 1 saturated heterocycles. The maximum atomic E-state index is 5.39. The van der Waals surface area contributed by atoms with E-state index in [0.717, 1.165) is 12.2 Å². The first-order valence-electron chi connectivity index (χ1n) is 3.89. The molecule has 0 amide bonds. The van der Waals surface area contributed by atoms with Gasteiger partial charge in [-0.3, -0.25) is 0 Å². The van der Waals surface area contributed by atoms with Crippen molar-refractivity contribution < 1.29 is 18.6 Å². The van der Waals surface area contributed by atoms with Crippen molar-refractivity contribution >= 4 is 40.0 Å². The Morgan fingerprint density at radius 2 is 2.15 bits per heavy atom. The summed E-state index contributed by atoms with van der Waals surface area (Å²) in [4.78, 5) is 0. The van der Waals surface area contributed by atoms with Gasteiger partial charge in [-0.05, 0) is 19.1 Å². The van der Waals surface area contributed by atoms with Gasteiger partial charge < -0.3 is 9.15 Å². The minimum absolute atomic E-state index is 0.227. The van der Waals surface area contributed by atoms with Crippen LogP contribution in [0.2, 0.25) is 0 Å². The molecule has 1 aromatic rings. The molecule has 1 fully saturated rings. The van der Waals surface area contributed by atoms with E-state index in [-0.39, 0.29) is 6.10 Å². The van der Waals surface area contributed by atoms with Crippen molar-refractivity contribution in [2.24, 2.45) is 0 Å². The zero-order valence-corrected chi connectivity index (χ0v) is 12.8. The third kappa shape index (κ3) is 4.11. The van der Waals surface area contributed by atoms with Crippen LogP contribution in [-0.4, -0.2) is 6.10 Å². The zero-order chi connectivity index (χ0) is 9.68. The van der Waals surface area contributed by atoms with Crippen LogP contribution in [0.4, 0.5) is 0 Å². The first kappa shape index (κ1) is 12.4. The number of rotatable bonds is 1. The van der Waals surface area contributed by atoms with Gasteiger partial charge in [0.1, 0.15) is 11.9 Å². The van der Waals surface area contributed by atoms with Crippen LogP contribution < -0.4 is 0 Å². The van der Waals surface area contributed by atoms with Crippen LogP contribution in [0.5, 0.6) is 0 Å². The van der Waals surface area contributed by atoms with Crippen LogP contribution in [0, 0.1) is 0 Å². The average Bonchev–Trinajstić information content (AvgIpc) is 2.52. The molecule has 0 N–H and O–H groups in total. The van der Waals surface area contributed by atoms with Gasteiger partial charge in [-0.25, -0.2) is 0 Å². The van der Waals surface area contributed by atoms with Gasteiger partial charge in [-0.2, -0.15) is 0 Å². The number of ether oxygens (including phenoxy) is 1. The van der Waals surface area contributed by atoms with E-state index in [1.54, 1.807) is 6.26 Å². The molecule has 2 heterocycles. The van der Waals surface area contributed by atoms with Crippen molar-refractivity contribution in [3.05, 3.63) is 24.2 Å². The summed E-state index contributed by atoms with van der Waals surface area (Å²) in [6, 6.07) is 3.85.